The number of hydrogen-bond acceptors (Lipinski definition) is 2. The van der Waals surface area contributed by atoms with Crippen molar-refractivity contribution in [3.8, 4) is 0 Å². The van der Waals surface area contributed by atoms with Gasteiger partial charge in [0, 0.05) is 25.0 Å². The van der Waals surface area contributed by atoms with Crippen LogP contribution < -0.4 is 0 Å². The van der Waals surface area contributed by atoms with Gasteiger partial charge in [-0.1, -0.05) is 12.1 Å². The van der Waals surface area contributed by atoms with Gasteiger partial charge in [-0.2, -0.15) is 5.10 Å². The summed E-state index contributed by atoms with van der Waals surface area (Å²) < 4.78 is 14.5. The van der Waals surface area contributed by atoms with Gasteiger partial charge in [0.2, 0.25) is 5.91 Å². The van der Waals surface area contributed by atoms with E-state index in [-0.39, 0.29) is 18.3 Å². The van der Waals surface area contributed by atoms with Gasteiger partial charge < -0.3 is 4.90 Å². The second-order valence-corrected chi connectivity index (χ2v) is 5.08. The van der Waals surface area contributed by atoms with Gasteiger partial charge >= 0.3 is 0 Å². The topological polar surface area (TPSA) is 38.1 Å². The van der Waals surface area contributed by atoms with Gasteiger partial charge in [-0.05, 0) is 36.6 Å². The maximum Gasteiger partial charge on any atom is 0.244 e. The molecule has 0 spiro atoms. The largest absolute Gasteiger partial charge is 0.334 e. The van der Waals surface area contributed by atoms with Crippen LogP contribution >= 0.6 is 0 Å². The molecule has 1 amide bonds. The molecule has 2 aromatic rings. The van der Waals surface area contributed by atoms with E-state index in [9.17, 15) is 9.18 Å². The molecule has 20 heavy (non-hydrogen) atoms. The van der Waals surface area contributed by atoms with E-state index in [1.807, 2.05) is 4.90 Å². The van der Waals surface area contributed by atoms with Crippen LogP contribution in [0.5, 0.6) is 0 Å². The zero-order valence-electron chi connectivity index (χ0n) is 11.1. The summed E-state index contributed by atoms with van der Waals surface area (Å²) >= 11 is 0. The van der Waals surface area contributed by atoms with Crippen molar-refractivity contribution in [2.75, 3.05) is 0 Å². The van der Waals surface area contributed by atoms with Gasteiger partial charge in [-0.25, -0.2) is 4.39 Å². The minimum atomic E-state index is -0.255. The Morgan fingerprint density at radius 2 is 2.10 bits per heavy atom. The minimum absolute atomic E-state index is 0.0560. The van der Waals surface area contributed by atoms with Crippen LogP contribution in [-0.2, 0) is 17.9 Å². The molecule has 0 radical (unpaired) electrons. The van der Waals surface area contributed by atoms with E-state index >= 15 is 0 Å². The van der Waals surface area contributed by atoms with E-state index < -0.39 is 0 Å². The molecular weight excluding hydrogens is 257 g/mol. The molecule has 0 aliphatic heterocycles. The molecule has 0 unspecified atom stereocenters. The van der Waals surface area contributed by atoms with Crippen LogP contribution in [0.3, 0.4) is 0 Å². The number of rotatable bonds is 5. The Hall–Kier alpha value is -2.17. The summed E-state index contributed by atoms with van der Waals surface area (Å²) in [4.78, 5) is 14.2. The Morgan fingerprint density at radius 1 is 1.35 bits per heavy atom. The Labute approximate surface area is 116 Å². The third-order valence-electron chi connectivity index (χ3n) is 3.43. The highest BCUT2D eigenvalue weighted by Gasteiger charge is 2.32. The molecular formula is C15H16FN3O. The lowest BCUT2D eigenvalue weighted by molar-refractivity contribution is -0.133. The molecule has 0 bridgehead atoms. The fourth-order valence-electron chi connectivity index (χ4n) is 2.22. The molecule has 1 saturated carbocycles. The Balaban J connectivity index is 1.69. The molecule has 0 N–H and O–H groups in total. The van der Waals surface area contributed by atoms with Gasteiger partial charge in [0.25, 0.3) is 0 Å². The molecule has 3 rings (SSSR count). The summed E-state index contributed by atoms with van der Waals surface area (Å²) in [6, 6.07) is 8.44. The van der Waals surface area contributed by atoms with Crippen molar-refractivity contribution in [1.29, 1.82) is 0 Å². The zero-order chi connectivity index (χ0) is 13.9. The predicted octanol–water partition coefficient (Wildman–Crippen LogP) is 2.21. The first kappa shape index (κ1) is 12.8. The number of benzene rings is 1. The first-order valence-corrected chi connectivity index (χ1v) is 6.74. The van der Waals surface area contributed by atoms with Crippen molar-refractivity contribution in [3.63, 3.8) is 0 Å². The van der Waals surface area contributed by atoms with Crippen LogP contribution in [0.15, 0.2) is 42.7 Å². The maximum absolute atomic E-state index is 12.9. The van der Waals surface area contributed by atoms with Crippen LogP contribution in [0, 0.1) is 5.82 Å². The fourth-order valence-corrected chi connectivity index (χ4v) is 2.22. The molecule has 1 aromatic heterocycles. The lowest BCUT2D eigenvalue weighted by Crippen LogP contribution is -2.35. The second kappa shape index (κ2) is 5.45. The van der Waals surface area contributed by atoms with Crippen molar-refractivity contribution in [2.45, 2.75) is 32.0 Å². The number of carbonyl (C=O) groups is 1. The molecule has 0 atom stereocenters. The molecule has 1 aliphatic carbocycles. The molecule has 0 saturated heterocycles. The van der Waals surface area contributed by atoms with E-state index in [1.165, 1.54) is 12.1 Å². The number of nitrogens with zero attached hydrogens (tertiary/aromatic N) is 3. The molecule has 1 aromatic carbocycles. The predicted molar refractivity (Wildman–Crippen MR) is 72.2 cm³/mol. The van der Waals surface area contributed by atoms with Crippen LogP contribution in [0.25, 0.3) is 0 Å². The maximum atomic E-state index is 12.9. The summed E-state index contributed by atoms with van der Waals surface area (Å²) in [7, 11) is 0. The van der Waals surface area contributed by atoms with E-state index in [0.29, 0.717) is 12.6 Å². The quantitative estimate of drug-likeness (QED) is 0.837. The van der Waals surface area contributed by atoms with Crippen molar-refractivity contribution in [3.05, 3.63) is 54.1 Å². The molecule has 104 valence electrons. The number of amides is 1. The van der Waals surface area contributed by atoms with E-state index in [2.05, 4.69) is 5.10 Å². The fraction of sp³-hybridized carbons (Fsp3) is 0.333. The summed E-state index contributed by atoms with van der Waals surface area (Å²) in [5.74, 6) is -0.199. The first-order valence-electron chi connectivity index (χ1n) is 6.74. The highest BCUT2D eigenvalue weighted by molar-refractivity contribution is 5.76. The van der Waals surface area contributed by atoms with Gasteiger partial charge in [0.1, 0.15) is 12.4 Å². The number of aromatic nitrogens is 2. The first-order chi connectivity index (χ1) is 9.72. The molecule has 1 fully saturated rings. The average Bonchev–Trinajstić information content (AvgIpc) is 3.15. The molecule has 1 heterocycles. The normalized spacial score (nSPS) is 14.2. The molecule has 4 nitrogen and oxygen atoms in total. The zero-order valence-corrected chi connectivity index (χ0v) is 11.1. The van der Waals surface area contributed by atoms with Crippen molar-refractivity contribution in [2.24, 2.45) is 0 Å². The SMILES string of the molecule is O=C(Cn1cccn1)N(Cc1ccc(F)cc1)C1CC1. The van der Waals surface area contributed by atoms with E-state index in [0.717, 1.165) is 18.4 Å². The van der Waals surface area contributed by atoms with Crippen molar-refractivity contribution >= 4 is 5.91 Å². The van der Waals surface area contributed by atoms with Crippen LogP contribution in [0.2, 0.25) is 0 Å². The molecule has 5 heteroatoms. The van der Waals surface area contributed by atoms with Crippen LogP contribution in [-0.4, -0.2) is 26.6 Å². The summed E-state index contributed by atoms with van der Waals surface area (Å²) in [5.41, 5.74) is 0.951. The van der Waals surface area contributed by atoms with Gasteiger partial charge in [-0.15, -0.1) is 0 Å². The molecule has 1 aliphatic rings. The van der Waals surface area contributed by atoms with Crippen molar-refractivity contribution < 1.29 is 9.18 Å². The van der Waals surface area contributed by atoms with Crippen LogP contribution in [0.4, 0.5) is 4.39 Å². The number of hydrogen-bond donors (Lipinski definition) is 0. The lowest BCUT2D eigenvalue weighted by Gasteiger charge is -2.22. The smallest absolute Gasteiger partial charge is 0.244 e. The van der Waals surface area contributed by atoms with Crippen molar-refractivity contribution in [1.82, 2.24) is 14.7 Å². The van der Waals surface area contributed by atoms with Gasteiger partial charge in [-0.3, -0.25) is 9.48 Å². The number of carbonyl (C=O) groups excluding carboxylic acids is 1. The second-order valence-electron chi connectivity index (χ2n) is 5.08. The highest BCUT2D eigenvalue weighted by atomic mass is 19.1. The third kappa shape index (κ3) is 3.04. The summed E-state index contributed by atoms with van der Waals surface area (Å²) in [6.45, 7) is 0.787. The summed E-state index contributed by atoms with van der Waals surface area (Å²) in [6.07, 6.45) is 5.54. The Kier molecular flexibility index (Phi) is 3.50. The van der Waals surface area contributed by atoms with Crippen LogP contribution in [0.1, 0.15) is 18.4 Å². The Bertz CT molecular complexity index is 576. The average molecular weight is 273 g/mol. The standard InChI is InChI=1S/C15H16FN3O/c16-13-4-2-12(3-5-13)10-19(14-6-7-14)15(20)11-18-9-1-8-17-18/h1-5,8-9,14H,6-7,10-11H2. The van der Waals surface area contributed by atoms with Gasteiger partial charge in [0.15, 0.2) is 0 Å². The third-order valence-corrected chi connectivity index (χ3v) is 3.43. The number of halogens is 1. The lowest BCUT2D eigenvalue weighted by atomic mass is 10.2. The monoisotopic (exact) mass is 273 g/mol. The summed E-state index contributed by atoms with van der Waals surface area (Å²) in [5, 5.41) is 4.06. The van der Waals surface area contributed by atoms with E-state index in [1.54, 1.807) is 35.3 Å². The Morgan fingerprint density at radius 3 is 2.70 bits per heavy atom. The highest BCUT2D eigenvalue weighted by Crippen LogP contribution is 2.28. The van der Waals surface area contributed by atoms with E-state index in [4.69, 9.17) is 0 Å². The van der Waals surface area contributed by atoms with Gasteiger partial charge in [0.05, 0.1) is 0 Å². The minimum Gasteiger partial charge on any atom is -0.334 e.